The molecule has 0 nitrogen and oxygen atoms in total. The van der Waals surface area contributed by atoms with Crippen molar-refractivity contribution in [2.24, 2.45) is 0 Å². The van der Waals surface area contributed by atoms with Gasteiger partial charge in [-0.1, -0.05) is 47.6 Å². The van der Waals surface area contributed by atoms with Crippen molar-refractivity contribution in [3.63, 3.8) is 0 Å². The minimum atomic E-state index is -0.481. The van der Waals surface area contributed by atoms with Crippen LogP contribution in [-0.2, 0) is 0 Å². The number of hydrogen-bond donors (Lipinski definition) is 0. The van der Waals surface area contributed by atoms with E-state index >= 15 is 0 Å². The lowest BCUT2D eigenvalue weighted by Crippen LogP contribution is -1.97. The highest BCUT2D eigenvalue weighted by Gasteiger charge is 2.04. The fourth-order valence-corrected chi connectivity index (χ4v) is 2.72. The van der Waals surface area contributed by atoms with E-state index in [9.17, 15) is 0 Å². The molecule has 1 aromatic rings. The molecule has 0 bridgehead atoms. The highest BCUT2D eigenvalue weighted by molar-refractivity contribution is 7.89. The van der Waals surface area contributed by atoms with Crippen molar-refractivity contribution in [1.29, 1.82) is 0 Å². The Bertz CT molecular complexity index is 233. The average Bonchev–Trinajstić information content (AvgIpc) is 2.15. The molecule has 0 aliphatic carbocycles. The zero-order valence-corrected chi connectivity index (χ0v) is 8.56. The summed E-state index contributed by atoms with van der Waals surface area (Å²) in [6.07, 6.45) is 3.95. The molecule has 1 unspecified atom stereocenters. The molecule has 0 saturated heterocycles. The summed E-state index contributed by atoms with van der Waals surface area (Å²) in [6, 6.07) is 10.2. The Morgan fingerprint density at radius 3 is 2.58 bits per heavy atom. The van der Waals surface area contributed by atoms with Crippen LogP contribution in [0.5, 0.6) is 0 Å². The summed E-state index contributed by atoms with van der Waals surface area (Å²) in [5, 5.41) is 1.26. The maximum atomic E-state index is 6.20. The molecule has 0 aromatic heterocycles. The lowest BCUT2D eigenvalue weighted by Gasteiger charge is -2.06. The van der Waals surface area contributed by atoms with E-state index in [0.717, 1.165) is 12.6 Å². The zero-order valence-electron chi connectivity index (χ0n) is 6.91. The van der Waals surface area contributed by atoms with E-state index in [0.29, 0.717) is 0 Å². The van der Waals surface area contributed by atoms with Crippen LogP contribution in [0, 0.1) is 0 Å². The molecule has 0 N–H and O–H groups in total. The summed E-state index contributed by atoms with van der Waals surface area (Å²) in [4.78, 5) is 0. The van der Waals surface area contributed by atoms with Crippen LogP contribution < -0.4 is 5.30 Å². The van der Waals surface area contributed by atoms with Gasteiger partial charge in [-0.25, -0.2) is 0 Å². The molecule has 0 heterocycles. The van der Waals surface area contributed by atoms with Gasteiger partial charge in [0.05, 0.1) is 0 Å². The van der Waals surface area contributed by atoms with Crippen LogP contribution in [0.25, 0.3) is 0 Å². The Kier molecular flexibility index (Phi) is 4.35. The summed E-state index contributed by atoms with van der Waals surface area (Å²) < 4.78 is 0. The van der Waals surface area contributed by atoms with E-state index in [2.05, 4.69) is 18.7 Å². The van der Waals surface area contributed by atoms with Crippen LogP contribution in [0.4, 0.5) is 0 Å². The highest BCUT2D eigenvalue weighted by atomic mass is 35.7. The van der Waals surface area contributed by atoms with Gasteiger partial charge in [0.2, 0.25) is 0 Å². The third-order valence-corrected chi connectivity index (χ3v) is 4.17. The number of halogens is 1. The molecule has 0 spiro atoms. The minimum absolute atomic E-state index is 0.481. The van der Waals surface area contributed by atoms with Crippen LogP contribution in [-0.4, -0.2) is 6.16 Å². The first-order valence-electron chi connectivity index (χ1n) is 3.94. The first-order valence-corrected chi connectivity index (χ1v) is 6.37. The lowest BCUT2D eigenvalue weighted by molar-refractivity contribution is 1.25. The summed E-state index contributed by atoms with van der Waals surface area (Å²) in [6.45, 7) is 3.68. The Morgan fingerprint density at radius 1 is 1.33 bits per heavy atom. The Hall–Kier alpha value is -0.320. The van der Waals surface area contributed by atoms with Crippen molar-refractivity contribution in [2.75, 3.05) is 6.16 Å². The standard InChI is InChI=1S/C10H12ClP/c1-2-3-9-12(11)10-7-5-4-6-8-10/h2,4-8H,1,3,9H2. The van der Waals surface area contributed by atoms with Gasteiger partial charge in [-0.15, -0.1) is 6.58 Å². The van der Waals surface area contributed by atoms with Gasteiger partial charge in [-0.2, -0.15) is 0 Å². The van der Waals surface area contributed by atoms with Crippen molar-refractivity contribution >= 4 is 23.8 Å². The van der Waals surface area contributed by atoms with E-state index in [-0.39, 0.29) is 0 Å². The summed E-state index contributed by atoms with van der Waals surface area (Å²) in [5.41, 5.74) is 0. The van der Waals surface area contributed by atoms with Crippen molar-refractivity contribution in [2.45, 2.75) is 6.42 Å². The van der Waals surface area contributed by atoms with E-state index in [1.54, 1.807) is 0 Å². The van der Waals surface area contributed by atoms with Crippen LogP contribution in [0.15, 0.2) is 43.0 Å². The van der Waals surface area contributed by atoms with Gasteiger partial charge >= 0.3 is 0 Å². The first-order chi connectivity index (χ1) is 5.84. The summed E-state index contributed by atoms with van der Waals surface area (Å²) in [7, 11) is -0.481. The van der Waals surface area contributed by atoms with E-state index in [1.807, 2.05) is 24.3 Å². The van der Waals surface area contributed by atoms with Crippen LogP contribution in [0.2, 0.25) is 0 Å². The zero-order chi connectivity index (χ0) is 8.81. The molecule has 0 aliphatic rings. The molecular weight excluding hydrogens is 187 g/mol. The van der Waals surface area contributed by atoms with Gasteiger partial charge in [0.15, 0.2) is 0 Å². The van der Waals surface area contributed by atoms with Gasteiger partial charge in [0.1, 0.15) is 0 Å². The van der Waals surface area contributed by atoms with Crippen molar-refractivity contribution in [3.05, 3.63) is 43.0 Å². The quantitative estimate of drug-likeness (QED) is 0.513. The van der Waals surface area contributed by atoms with Gasteiger partial charge < -0.3 is 0 Å². The van der Waals surface area contributed by atoms with E-state index in [1.165, 1.54) is 5.30 Å². The third kappa shape index (κ3) is 2.97. The van der Waals surface area contributed by atoms with Gasteiger partial charge in [-0.3, -0.25) is 0 Å². The highest BCUT2D eigenvalue weighted by Crippen LogP contribution is 2.40. The number of benzene rings is 1. The maximum Gasteiger partial charge on any atom is 0.0215 e. The predicted molar refractivity (Wildman–Crippen MR) is 58.5 cm³/mol. The number of allylic oxidation sites excluding steroid dienone is 1. The van der Waals surface area contributed by atoms with Gasteiger partial charge in [0, 0.05) is 7.27 Å². The Balaban J connectivity index is 2.53. The second-order valence-corrected chi connectivity index (χ2v) is 5.41. The molecule has 0 fully saturated rings. The van der Waals surface area contributed by atoms with Crippen molar-refractivity contribution < 1.29 is 0 Å². The van der Waals surface area contributed by atoms with Crippen LogP contribution >= 0.6 is 18.5 Å². The SMILES string of the molecule is C=CCCP(Cl)c1ccccc1. The molecule has 0 saturated carbocycles. The van der Waals surface area contributed by atoms with Crippen molar-refractivity contribution in [1.82, 2.24) is 0 Å². The molecule has 2 heteroatoms. The second kappa shape index (κ2) is 5.35. The largest absolute Gasteiger partial charge is 0.103 e. The first kappa shape index (κ1) is 9.77. The fourth-order valence-electron chi connectivity index (χ4n) is 0.923. The Morgan fingerprint density at radius 2 is 2.00 bits per heavy atom. The molecule has 12 heavy (non-hydrogen) atoms. The van der Waals surface area contributed by atoms with E-state index in [4.69, 9.17) is 11.2 Å². The minimum Gasteiger partial charge on any atom is -0.103 e. The molecule has 1 rings (SSSR count). The fraction of sp³-hybridized carbons (Fsp3) is 0.200. The van der Waals surface area contributed by atoms with Gasteiger partial charge in [0.25, 0.3) is 0 Å². The van der Waals surface area contributed by atoms with Gasteiger partial charge in [-0.05, 0) is 17.9 Å². The normalized spacial score (nSPS) is 12.4. The monoisotopic (exact) mass is 198 g/mol. The predicted octanol–water partition coefficient (Wildman–Crippen LogP) is 3.52. The lowest BCUT2D eigenvalue weighted by atomic mass is 10.4. The molecule has 0 aliphatic heterocycles. The summed E-state index contributed by atoms with van der Waals surface area (Å²) in [5.74, 6) is 0. The molecule has 1 aromatic carbocycles. The third-order valence-electron chi connectivity index (χ3n) is 1.57. The average molecular weight is 199 g/mol. The van der Waals surface area contributed by atoms with Crippen molar-refractivity contribution in [3.8, 4) is 0 Å². The molecule has 0 radical (unpaired) electrons. The molecular formula is C10H12ClP. The molecule has 64 valence electrons. The van der Waals surface area contributed by atoms with E-state index < -0.39 is 7.27 Å². The number of hydrogen-bond acceptors (Lipinski definition) is 0. The summed E-state index contributed by atoms with van der Waals surface area (Å²) >= 11 is 6.20. The van der Waals surface area contributed by atoms with Crippen LogP contribution in [0.1, 0.15) is 6.42 Å². The second-order valence-electron chi connectivity index (χ2n) is 2.50. The smallest absolute Gasteiger partial charge is 0.0215 e. The number of rotatable bonds is 4. The molecule has 0 amide bonds. The maximum absolute atomic E-state index is 6.20. The van der Waals surface area contributed by atoms with Crippen LogP contribution in [0.3, 0.4) is 0 Å². The topological polar surface area (TPSA) is 0 Å². The molecule has 1 atom stereocenters. The Labute approximate surface area is 79.8 Å².